The molecular formula is C15H18N8O2. The third-order valence-electron chi connectivity index (χ3n) is 3.55. The molecule has 3 N–H and O–H groups in total. The van der Waals surface area contributed by atoms with E-state index in [1.165, 1.54) is 12.4 Å². The minimum atomic E-state index is -0.509. The summed E-state index contributed by atoms with van der Waals surface area (Å²) in [6, 6.07) is 1.44. The van der Waals surface area contributed by atoms with Gasteiger partial charge in [0.1, 0.15) is 5.69 Å². The number of nitrogens with two attached hydrogens (primary N) is 1. The summed E-state index contributed by atoms with van der Waals surface area (Å²) in [6.45, 7) is 2.38. The van der Waals surface area contributed by atoms with E-state index in [-0.39, 0.29) is 18.2 Å². The van der Waals surface area contributed by atoms with Gasteiger partial charge >= 0.3 is 0 Å². The van der Waals surface area contributed by atoms with Gasteiger partial charge in [-0.05, 0) is 13.0 Å². The van der Waals surface area contributed by atoms with Crippen molar-refractivity contribution < 1.29 is 9.21 Å². The van der Waals surface area contributed by atoms with Gasteiger partial charge in [0.25, 0.3) is 5.89 Å². The lowest BCUT2D eigenvalue weighted by atomic mass is 10.2. The van der Waals surface area contributed by atoms with Crippen LogP contribution in [0.3, 0.4) is 0 Å². The third kappa shape index (κ3) is 4.04. The lowest BCUT2D eigenvalue weighted by Gasteiger charge is -2.13. The van der Waals surface area contributed by atoms with Crippen LogP contribution in [-0.4, -0.2) is 35.9 Å². The predicted octanol–water partition coefficient (Wildman–Crippen LogP) is 0.275. The van der Waals surface area contributed by atoms with E-state index in [1.807, 2.05) is 20.0 Å². The van der Waals surface area contributed by atoms with Crippen molar-refractivity contribution in [2.45, 2.75) is 25.9 Å². The molecule has 0 aliphatic heterocycles. The average molecular weight is 342 g/mol. The maximum Gasteiger partial charge on any atom is 0.267 e. The topological polar surface area (TPSA) is 138 Å². The molecule has 1 unspecified atom stereocenters. The summed E-state index contributed by atoms with van der Waals surface area (Å²) >= 11 is 0. The molecule has 3 aromatic heterocycles. The summed E-state index contributed by atoms with van der Waals surface area (Å²) < 4.78 is 7.41. The van der Waals surface area contributed by atoms with E-state index >= 15 is 0 Å². The molecule has 0 aliphatic carbocycles. The first-order valence-corrected chi connectivity index (χ1v) is 7.64. The molecule has 10 heteroatoms. The first kappa shape index (κ1) is 16.7. The molecule has 0 spiro atoms. The van der Waals surface area contributed by atoms with Crippen LogP contribution in [0.4, 0.5) is 0 Å². The van der Waals surface area contributed by atoms with E-state index in [1.54, 1.807) is 10.9 Å². The number of primary amides is 1. The van der Waals surface area contributed by atoms with E-state index in [0.29, 0.717) is 12.2 Å². The second-order valence-corrected chi connectivity index (χ2v) is 5.54. The largest absolute Gasteiger partial charge is 0.417 e. The fraction of sp³-hybridized carbons (Fsp3) is 0.333. The van der Waals surface area contributed by atoms with Gasteiger partial charge in [0.05, 0.1) is 30.0 Å². The van der Waals surface area contributed by atoms with Gasteiger partial charge < -0.3 is 10.2 Å². The highest BCUT2D eigenvalue weighted by atomic mass is 16.4. The van der Waals surface area contributed by atoms with Crippen molar-refractivity contribution in [1.82, 2.24) is 35.3 Å². The Bertz CT molecular complexity index is 858. The van der Waals surface area contributed by atoms with Gasteiger partial charge in [-0.3, -0.25) is 19.8 Å². The molecule has 0 aliphatic rings. The standard InChI is InChI=1S/C15H18N8O2/c1-9-5-10(23(2)22-9)7-19-11(6-13(16)24)14-20-21-15(25-14)12-8-17-3-4-18-12/h3-5,8,11,19H,6-7H2,1-2H3,(H2,16,24). The van der Waals surface area contributed by atoms with Gasteiger partial charge in [-0.15, -0.1) is 10.2 Å². The van der Waals surface area contributed by atoms with Gasteiger partial charge in [-0.1, -0.05) is 0 Å². The maximum absolute atomic E-state index is 11.4. The second kappa shape index (κ2) is 7.18. The maximum atomic E-state index is 11.4. The van der Waals surface area contributed by atoms with Crippen LogP contribution in [0.5, 0.6) is 0 Å². The highest BCUT2D eigenvalue weighted by Gasteiger charge is 2.22. The molecule has 3 aromatic rings. The van der Waals surface area contributed by atoms with Crippen molar-refractivity contribution in [3.05, 3.63) is 41.9 Å². The number of rotatable bonds is 7. The SMILES string of the molecule is Cc1cc(CNC(CC(N)=O)c2nnc(-c3cnccn3)o2)n(C)n1. The summed E-state index contributed by atoms with van der Waals surface area (Å²) in [6.07, 6.45) is 4.63. The number of carbonyl (C=O) groups is 1. The summed E-state index contributed by atoms with van der Waals surface area (Å²) in [5.41, 5.74) is 7.67. The van der Waals surface area contributed by atoms with Crippen molar-refractivity contribution in [2.24, 2.45) is 12.8 Å². The van der Waals surface area contributed by atoms with Crippen molar-refractivity contribution in [3.8, 4) is 11.6 Å². The molecule has 3 rings (SSSR count). The van der Waals surface area contributed by atoms with Crippen molar-refractivity contribution in [1.29, 1.82) is 0 Å². The molecule has 1 atom stereocenters. The van der Waals surface area contributed by atoms with E-state index in [4.69, 9.17) is 10.2 Å². The van der Waals surface area contributed by atoms with Crippen LogP contribution in [0.2, 0.25) is 0 Å². The summed E-state index contributed by atoms with van der Waals surface area (Å²) in [5, 5.41) is 15.5. The van der Waals surface area contributed by atoms with Crippen LogP contribution in [0, 0.1) is 6.92 Å². The molecule has 130 valence electrons. The first-order valence-electron chi connectivity index (χ1n) is 7.64. The fourth-order valence-electron chi connectivity index (χ4n) is 2.39. The molecule has 10 nitrogen and oxygen atoms in total. The van der Waals surface area contributed by atoms with Crippen LogP contribution in [0.25, 0.3) is 11.6 Å². The minimum Gasteiger partial charge on any atom is -0.417 e. The van der Waals surface area contributed by atoms with Crippen LogP contribution < -0.4 is 11.1 Å². The monoisotopic (exact) mass is 342 g/mol. The molecule has 3 heterocycles. The number of nitrogens with zero attached hydrogens (tertiary/aromatic N) is 6. The Hall–Kier alpha value is -3.14. The number of amides is 1. The fourth-order valence-corrected chi connectivity index (χ4v) is 2.39. The van der Waals surface area contributed by atoms with Crippen molar-refractivity contribution >= 4 is 5.91 Å². The van der Waals surface area contributed by atoms with Crippen LogP contribution in [0.15, 0.2) is 29.1 Å². The Balaban J connectivity index is 1.77. The highest BCUT2D eigenvalue weighted by molar-refractivity contribution is 5.74. The van der Waals surface area contributed by atoms with Crippen LogP contribution in [-0.2, 0) is 18.4 Å². The third-order valence-corrected chi connectivity index (χ3v) is 3.55. The van der Waals surface area contributed by atoms with Crippen molar-refractivity contribution in [2.75, 3.05) is 0 Å². The number of nitrogens with one attached hydrogen (secondary N) is 1. The van der Waals surface area contributed by atoms with Crippen molar-refractivity contribution in [3.63, 3.8) is 0 Å². The number of aromatic nitrogens is 6. The molecule has 0 saturated carbocycles. The zero-order chi connectivity index (χ0) is 17.8. The first-order chi connectivity index (χ1) is 12.0. The average Bonchev–Trinajstić information content (AvgIpc) is 3.19. The van der Waals surface area contributed by atoms with Gasteiger partial charge in [-0.25, -0.2) is 4.98 Å². The van der Waals surface area contributed by atoms with Gasteiger partial charge in [0.2, 0.25) is 11.8 Å². The van der Waals surface area contributed by atoms with E-state index < -0.39 is 11.9 Å². The zero-order valence-corrected chi connectivity index (χ0v) is 13.9. The Morgan fingerprint density at radius 1 is 1.40 bits per heavy atom. The van der Waals surface area contributed by atoms with E-state index in [9.17, 15) is 4.79 Å². The number of carbonyl (C=O) groups excluding carboxylic acids is 1. The Morgan fingerprint density at radius 3 is 2.88 bits per heavy atom. The molecule has 0 saturated heterocycles. The van der Waals surface area contributed by atoms with Gasteiger partial charge in [-0.2, -0.15) is 5.10 Å². The number of hydrogen-bond donors (Lipinski definition) is 2. The summed E-state index contributed by atoms with van der Waals surface area (Å²) in [5.74, 6) is 0.0204. The summed E-state index contributed by atoms with van der Waals surface area (Å²) in [7, 11) is 1.85. The van der Waals surface area contributed by atoms with Crippen LogP contribution in [0.1, 0.15) is 29.7 Å². The Labute approximate surface area is 143 Å². The molecule has 0 bridgehead atoms. The quantitative estimate of drug-likeness (QED) is 0.624. The predicted molar refractivity (Wildman–Crippen MR) is 86.7 cm³/mol. The Kier molecular flexibility index (Phi) is 4.80. The molecule has 25 heavy (non-hydrogen) atoms. The molecule has 0 aromatic carbocycles. The normalized spacial score (nSPS) is 12.2. The Morgan fingerprint density at radius 2 is 2.24 bits per heavy atom. The smallest absolute Gasteiger partial charge is 0.267 e. The molecular weight excluding hydrogens is 324 g/mol. The van der Waals surface area contributed by atoms with Gasteiger partial charge in [0.15, 0.2) is 0 Å². The molecule has 0 radical (unpaired) electrons. The summed E-state index contributed by atoms with van der Waals surface area (Å²) in [4.78, 5) is 19.5. The van der Waals surface area contributed by atoms with E-state index in [2.05, 4.69) is 30.6 Å². The number of hydrogen-bond acceptors (Lipinski definition) is 8. The van der Waals surface area contributed by atoms with Gasteiger partial charge in [0, 0.05) is 26.0 Å². The highest BCUT2D eigenvalue weighted by Crippen LogP contribution is 2.20. The minimum absolute atomic E-state index is 0.0267. The lowest BCUT2D eigenvalue weighted by Crippen LogP contribution is -2.27. The number of aryl methyl sites for hydroxylation is 2. The van der Waals surface area contributed by atoms with Crippen LogP contribution >= 0.6 is 0 Å². The lowest BCUT2D eigenvalue weighted by molar-refractivity contribution is -0.118. The second-order valence-electron chi connectivity index (χ2n) is 5.54. The molecule has 0 fully saturated rings. The zero-order valence-electron chi connectivity index (χ0n) is 13.9. The molecule has 1 amide bonds. The van der Waals surface area contributed by atoms with E-state index in [0.717, 1.165) is 11.4 Å².